The fourth-order valence-corrected chi connectivity index (χ4v) is 2.60. The molecule has 0 aliphatic heterocycles. The minimum absolute atomic E-state index is 0.343. The molecule has 2 unspecified atom stereocenters. The Morgan fingerprint density at radius 1 is 1.60 bits per heavy atom. The van der Waals surface area contributed by atoms with Crippen LogP contribution in [0.25, 0.3) is 0 Å². The summed E-state index contributed by atoms with van der Waals surface area (Å²) in [5.74, 6) is 6.19. The molecule has 3 N–H and O–H groups in total. The molecule has 0 saturated carbocycles. The number of nitrogens with two attached hydrogens (primary N) is 1. The Bertz CT molecular complexity index is 285. The number of nitrogens with zero attached hydrogens (tertiary/aromatic N) is 1. The van der Waals surface area contributed by atoms with Gasteiger partial charge in [0, 0.05) is 23.5 Å². The van der Waals surface area contributed by atoms with Crippen LogP contribution in [0.2, 0.25) is 0 Å². The molecular weight excluding hydrogens is 206 g/mol. The molecule has 0 aliphatic rings. The topological polar surface area (TPSA) is 50.9 Å². The van der Waals surface area contributed by atoms with Crippen LogP contribution in [0.1, 0.15) is 37.4 Å². The van der Waals surface area contributed by atoms with Gasteiger partial charge in [-0.1, -0.05) is 20.3 Å². The molecule has 86 valence electrons. The SMILES string of the molecule is CCCC(C)C(Cc1nc(C)cs1)NN. The number of nitrogens with one attached hydrogen (secondary N) is 1. The molecule has 0 fully saturated rings. The van der Waals surface area contributed by atoms with E-state index in [-0.39, 0.29) is 0 Å². The van der Waals surface area contributed by atoms with Gasteiger partial charge in [-0.05, 0) is 19.3 Å². The maximum absolute atomic E-state index is 5.59. The maximum Gasteiger partial charge on any atom is 0.0944 e. The van der Waals surface area contributed by atoms with E-state index in [4.69, 9.17) is 5.84 Å². The Morgan fingerprint density at radius 3 is 2.80 bits per heavy atom. The molecule has 0 amide bonds. The number of hydrogen-bond acceptors (Lipinski definition) is 4. The molecular formula is C11H21N3S. The number of rotatable bonds is 6. The molecule has 3 nitrogen and oxygen atoms in total. The van der Waals surface area contributed by atoms with E-state index in [0.717, 1.165) is 12.1 Å². The zero-order chi connectivity index (χ0) is 11.3. The van der Waals surface area contributed by atoms with E-state index in [1.807, 2.05) is 6.92 Å². The third kappa shape index (κ3) is 3.89. The van der Waals surface area contributed by atoms with E-state index in [1.54, 1.807) is 11.3 Å². The Kier molecular flexibility index (Phi) is 5.22. The zero-order valence-corrected chi connectivity index (χ0v) is 10.6. The molecule has 0 radical (unpaired) electrons. The van der Waals surface area contributed by atoms with Crippen molar-refractivity contribution < 1.29 is 0 Å². The lowest BCUT2D eigenvalue weighted by Crippen LogP contribution is -2.41. The molecule has 0 aromatic carbocycles. The number of aromatic nitrogens is 1. The van der Waals surface area contributed by atoms with Crippen molar-refractivity contribution in [3.05, 3.63) is 16.1 Å². The lowest BCUT2D eigenvalue weighted by Gasteiger charge is -2.21. The molecule has 0 spiro atoms. The lowest BCUT2D eigenvalue weighted by atomic mass is 9.95. The van der Waals surface area contributed by atoms with Crippen LogP contribution >= 0.6 is 11.3 Å². The molecule has 1 aromatic heterocycles. The fraction of sp³-hybridized carbons (Fsp3) is 0.727. The summed E-state index contributed by atoms with van der Waals surface area (Å²) >= 11 is 1.72. The largest absolute Gasteiger partial charge is 0.271 e. The first-order chi connectivity index (χ1) is 7.17. The van der Waals surface area contributed by atoms with Crippen molar-refractivity contribution in [2.75, 3.05) is 0 Å². The number of hydrazine groups is 1. The van der Waals surface area contributed by atoms with Crippen LogP contribution in [-0.2, 0) is 6.42 Å². The van der Waals surface area contributed by atoms with Gasteiger partial charge in [0.2, 0.25) is 0 Å². The van der Waals surface area contributed by atoms with Gasteiger partial charge in [0.15, 0.2) is 0 Å². The van der Waals surface area contributed by atoms with Gasteiger partial charge in [-0.15, -0.1) is 11.3 Å². The Balaban J connectivity index is 2.53. The molecule has 0 saturated heterocycles. The highest BCUT2D eigenvalue weighted by atomic mass is 32.1. The molecule has 4 heteroatoms. The van der Waals surface area contributed by atoms with E-state index in [9.17, 15) is 0 Å². The smallest absolute Gasteiger partial charge is 0.0944 e. The van der Waals surface area contributed by atoms with E-state index >= 15 is 0 Å². The van der Waals surface area contributed by atoms with Crippen LogP contribution in [0.3, 0.4) is 0 Å². The number of thiazole rings is 1. The second kappa shape index (κ2) is 6.20. The van der Waals surface area contributed by atoms with Gasteiger partial charge in [0.1, 0.15) is 0 Å². The molecule has 2 atom stereocenters. The predicted octanol–water partition coefficient (Wildman–Crippen LogP) is 2.26. The van der Waals surface area contributed by atoms with Crippen molar-refractivity contribution in [2.24, 2.45) is 11.8 Å². The molecule has 1 aromatic rings. The van der Waals surface area contributed by atoms with Crippen molar-refractivity contribution in [2.45, 2.75) is 46.1 Å². The summed E-state index contributed by atoms with van der Waals surface area (Å²) in [7, 11) is 0. The third-order valence-electron chi connectivity index (χ3n) is 2.71. The first kappa shape index (κ1) is 12.6. The van der Waals surface area contributed by atoms with Gasteiger partial charge in [-0.25, -0.2) is 4.98 Å². The van der Waals surface area contributed by atoms with Crippen LogP contribution in [0.15, 0.2) is 5.38 Å². The Morgan fingerprint density at radius 2 is 2.33 bits per heavy atom. The Labute approximate surface area is 96.1 Å². The molecule has 1 heterocycles. The van der Waals surface area contributed by atoms with Crippen molar-refractivity contribution in [3.8, 4) is 0 Å². The average molecular weight is 227 g/mol. The summed E-state index contributed by atoms with van der Waals surface area (Å²) in [6.07, 6.45) is 3.35. The van der Waals surface area contributed by atoms with Crippen LogP contribution in [0.5, 0.6) is 0 Å². The normalized spacial score (nSPS) is 15.2. The van der Waals surface area contributed by atoms with Crippen LogP contribution in [0.4, 0.5) is 0 Å². The van der Waals surface area contributed by atoms with Crippen LogP contribution in [0, 0.1) is 12.8 Å². The van der Waals surface area contributed by atoms with E-state index in [0.29, 0.717) is 12.0 Å². The van der Waals surface area contributed by atoms with E-state index in [2.05, 4.69) is 29.6 Å². The van der Waals surface area contributed by atoms with Crippen LogP contribution in [-0.4, -0.2) is 11.0 Å². The highest BCUT2D eigenvalue weighted by Gasteiger charge is 2.16. The standard InChI is InChI=1S/C11H21N3S/c1-4-5-8(2)10(14-12)6-11-13-9(3)7-15-11/h7-8,10,14H,4-6,12H2,1-3H3. The van der Waals surface area contributed by atoms with Crippen molar-refractivity contribution in [1.82, 2.24) is 10.4 Å². The predicted molar refractivity (Wildman–Crippen MR) is 65.7 cm³/mol. The number of hydrogen-bond donors (Lipinski definition) is 2. The zero-order valence-electron chi connectivity index (χ0n) is 9.79. The minimum atomic E-state index is 0.343. The first-order valence-electron chi connectivity index (χ1n) is 5.54. The van der Waals surface area contributed by atoms with E-state index in [1.165, 1.54) is 17.8 Å². The minimum Gasteiger partial charge on any atom is -0.271 e. The summed E-state index contributed by atoms with van der Waals surface area (Å²) in [5, 5.41) is 3.27. The van der Waals surface area contributed by atoms with Gasteiger partial charge in [0.25, 0.3) is 0 Å². The highest BCUT2D eigenvalue weighted by Crippen LogP contribution is 2.17. The van der Waals surface area contributed by atoms with Gasteiger partial charge < -0.3 is 0 Å². The van der Waals surface area contributed by atoms with Crippen molar-refractivity contribution in [3.63, 3.8) is 0 Å². The van der Waals surface area contributed by atoms with Crippen molar-refractivity contribution in [1.29, 1.82) is 0 Å². The lowest BCUT2D eigenvalue weighted by molar-refractivity contribution is 0.356. The summed E-state index contributed by atoms with van der Waals surface area (Å²) in [6.45, 7) is 6.48. The molecule has 0 aliphatic carbocycles. The maximum atomic E-state index is 5.59. The number of aryl methyl sites for hydroxylation is 1. The van der Waals surface area contributed by atoms with Gasteiger partial charge in [-0.3, -0.25) is 11.3 Å². The summed E-state index contributed by atoms with van der Waals surface area (Å²) < 4.78 is 0. The van der Waals surface area contributed by atoms with Gasteiger partial charge in [-0.2, -0.15) is 0 Å². The second-order valence-electron chi connectivity index (χ2n) is 4.13. The highest BCUT2D eigenvalue weighted by molar-refractivity contribution is 7.09. The van der Waals surface area contributed by atoms with Gasteiger partial charge in [0.05, 0.1) is 5.01 Å². The second-order valence-corrected chi connectivity index (χ2v) is 5.07. The molecule has 1 rings (SSSR count). The first-order valence-corrected chi connectivity index (χ1v) is 6.42. The summed E-state index contributed by atoms with van der Waals surface area (Å²) in [5.41, 5.74) is 4.02. The fourth-order valence-electron chi connectivity index (χ4n) is 1.77. The summed E-state index contributed by atoms with van der Waals surface area (Å²) in [6, 6.07) is 0.343. The third-order valence-corrected chi connectivity index (χ3v) is 3.70. The quantitative estimate of drug-likeness (QED) is 0.579. The average Bonchev–Trinajstić information content (AvgIpc) is 2.61. The molecule has 0 bridgehead atoms. The summed E-state index contributed by atoms with van der Waals surface area (Å²) in [4.78, 5) is 4.46. The van der Waals surface area contributed by atoms with E-state index < -0.39 is 0 Å². The van der Waals surface area contributed by atoms with Gasteiger partial charge >= 0.3 is 0 Å². The van der Waals surface area contributed by atoms with Crippen LogP contribution < -0.4 is 11.3 Å². The monoisotopic (exact) mass is 227 g/mol. The van der Waals surface area contributed by atoms with Crippen molar-refractivity contribution >= 4 is 11.3 Å². The Hall–Kier alpha value is -0.450. The molecule has 15 heavy (non-hydrogen) atoms.